The molecule has 0 atom stereocenters. The number of benzene rings is 2. The third kappa shape index (κ3) is 2.58. The number of carbonyl (C=O) groups is 1. The molecular weight excluding hydrogens is 339 g/mol. The normalized spacial score (nSPS) is 16.3. The van der Waals surface area contributed by atoms with E-state index in [1.54, 1.807) is 17.8 Å². The Hall–Kier alpha value is -1.39. The Labute approximate surface area is 129 Å². The van der Waals surface area contributed by atoms with Gasteiger partial charge < -0.3 is 0 Å². The van der Waals surface area contributed by atoms with Gasteiger partial charge >= 0.3 is 0 Å². The van der Waals surface area contributed by atoms with Crippen LogP contribution in [0.5, 0.6) is 0 Å². The van der Waals surface area contributed by atoms with Gasteiger partial charge in [-0.05, 0) is 35.9 Å². The fourth-order valence-electron chi connectivity index (χ4n) is 2.09. The minimum Gasteiger partial charge on any atom is -0.289 e. The molecule has 2 aromatic rings. The predicted molar refractivity (Wildman–Crippen MR) is 83.6 cm³/mol. The fraction of sp³-hybridized carbons (Fsp3) is 0.0625. The van der Waals surface area contributed by atoms with Gasteiger partial charge in [0.15, 0.2) is 5.78 Å². The van der Waals surface area contributed by atoms with Crippen LogP contribution in [0, 0.1) is 5.82 Å². The van der Waals surface area contributed by atoms with E-state index in [4.69, 9.17) is 0 Å². The molecule has 20 heavy (non-hydrogen) atoms. The van der Waals surface area contributed by atoms with Crippen LogP contribution in [0.1, 0.15) is 15.9 Å². The molecule has 1 heterocycles. The van der Waals surface area contributed by atoms with Crippen LogP contribution in [-0.2, 0) is 0 Å². The highest BCUT2D eigenvalue weighted by Crippen LogP contribution is 2.34. The van der Waals surface area contributed by atoms with Gasteiger partial charge in [0, 0.05) is 26.3 Å². The molecule has 2 aromatic carbocycles. The van der Waals surface area contributed by atoms with Gasteiger partial charge in [-0.1, -0.05) is 34.1 Å². The van der Waals surface area contributed by atoms with Gasteiger partial charge in [-0.2, -0.15) is 0 Å². The Morgan fingerprint density at radius 2 is 2.00 bits per heavy atom. The number of Topliss-reactive ketones (excluding diaryl/α,β-unsaturated/α-hetero) is 1. The van der Waals surface area contributed by atoms with E-state index in [0.29, 0.717) is 16.9 Å². The molecular formula is C16H10BrFOS. The van der Waals surface area contributed by atoms with E-state index in [2.05, 4.69) is 15.9 Å². The fourth-order valence-corrected chi connectivity index (χ4v) is 3.48. The lowest BCUT2D eigenvalue weighted by molar-refractivity contribution is 0.103. The number of halogens is 2. The lowest BCUT2D eigenvalue weighted by Gasteiger charge is -2.17. The Bertz CT molecular complexity index is 724. The number of ketones is 1. The quantitative estimate of drug-likeness (QED) is 0.677. The summed E-state index contributed by atoms with van der Waals surface area (Å²) in [5.41, 5.74) is 2.11. The van der Waals surface area contributed by atoms with Crippen molar-refractivity contribution >= 4 is 39.6 Å². The molecule has 0 amide bonds. The van der Waals surface area contributed by atoms with E-state index in [-0.39, 0.29) is 11.6 Å². The number of hydrogen-bond donors (Lipinski definition) is 0. The van der Waals surface area contributed by atoms with Crippen molar-refractivity contribution in [3.8, 4) is 0 Å². The zero-order valence-corrected chi connectivity index (χ0v) is 12.8. The van der Waals surface area contributed by atoms with Crippen molar-refractivity contribution in [1.29, 1.82) is 0 Å². The maximum Gasteiger partial charge on any atom is 0.191 e. The van der Waals surface area contributed by atoms with E-state index in [9.17, 15) is 9.18 Å². The lowest BCUT2D eigenvalue weighted by Crippen LogP contribution is -2.12. The molecule has 0 N–H and O–H groups in total. The van der Waals surface area contributed by atoms with Gasteiger partial charge in [0.05, 0.1) is 0 Å². The first-order valence-corrected chi connectivity index (χ1v) is 7.85. The van der Waals surface area contributed by atoms with E-state index < -0.39 is 0 Å². The minimum absolute atomic E-state index is 0.0889. The summed E-state index contributed by atoms with van der Waals surface area (Å²) in [6.07, 6.45) is 1.87. The molecule has 0 fully saturated rings. The molecule has 0 spiro atoms. The summed E-state index contributed by atoms with van der Waals surface area (Å²) in [6.45, 7) is 0. The maximum absolute atomic E-state index is 13.3. The first kappa shape index (κ1) is 13.6. The highest BCUT2D eigenvalue weighted by molar-refractivity contribution is 9.10. The van der Waals surface area contributed by atoms with Gasteiger partial charge in [0.25, 0.3) is 0 Å². The molecule has 3 rings (SSSR count). The Morgan fingerprint density at radius 3 is 2.80 bits per heavy atom. The molecule has 1 aliphatic heterocycles. The SMILES string of the molecule is O=C1C(=Cc2ccccc2Br)CSc2ccc(F)cc21. The molecule has 0 aromatic heterocycles. The number of rotatable bonds is 1. The van der Waals surface area contributed by atoms with Crippen molar-refractivity contribution in [2.75, 3.05) is 5.75 Å². The zero-order chi connectivity index (χ0) is 14.1. The molecule has 0 unspecified atom stereocenters. The van der Waals surface area contributed by atoms with Crippen LogP contribution in [0.2, 0.25) is 0 Å². The van der Waals surface area contributed by atoms with Gasteiger partial charge in [-0.15, -0.1) is 11.8 Å². The monoisotopic (exact) mass is 348 g/mol. The summed E-state index contributed by atoms with van der Waals surface area (Å²) >= 11 is 5.03. The van der Waals surface area contributed by atoms with E-state index in [1.807, 2.05) is 30.3 Å². The highest BCUT2D eigenvalue weighted by atomic mass is 79.9. The third-order valence-corrected chi connectivity index (χ3v) is 4.94. The van der Waals surface area contributed by atoms with E-state index in [0.717, 1.165) is 14.9 Å². The Morgan fingerprint density at radius 1 is 1.20 bits per heavy atom. The van der Waals surface area contributed by atoms with Crippen LogP contribution in [0.3, 0.4) is 0 Å². The van der Waals surface area contributed by atoms with Gasteiger partial charge in [-0.25, -0.2) is 4.39 Å². The summed E-state index contributed by atoms with van der Waals surface area (Å²) in [7, 11) is 0. The average molecular weight is 349 g/mol. The van der Waals surface area contributed by atoms with Crippen molar-refractivity contribution in [3.05, 3.63) is 69.5 Å². The van der Waals surface area contributed by atoms with Crippen molar-refractivity contribution < 1.29 is 9.18 Å². The molecule has 0 radical (unpaired) electrons. The summed E-state index contributed by atoms with van der Waals surface area (Å²) in [5.74, 6) is 0.146. The van der Waals surface area contributed by atoms with Crippen LogP contribution in [-0.4, -0.2) is 11.5 Å². The second-order valence-corrected chi connectivity index (χ2v) is 6.32. The number of hydrogen-bond acceptors (Lipinski definition) is 2. The number of thioether (sulfide) groups is 1. The predicted octanol–water partition coefficient (Wildman–Crippen LogP) is 4.96. The summed E-state index contributed by atoms with van der Waals surface area (Å²) in [5, 5.41) is 0. The minimum atomic E-state index is -0.375. The lowest BCUT2D eigenvalue weighted by atomic mass is 10.0. The molecule has 4 heteroatoms. The van der Waals surface area contributed by atoms with Crippen LogP contribution < -0.4 is 0 Å². The average Bonchev–Trinajstić information content (AvgIpc) is 2.45. The summed E-state index contributed by atoms with van der Waals surface area (Å²) in [4.78, 5) is 13.3. The molecule has 1 aliphatic rings. The van der Waals surface area contributed by atoms with Crippen LogP contribution in [0.15, 0.2) is 57.4 Å². The number of carbonyl (C=O) groups excluding carboxylic acids is 1. The molecule has 0 bridgehead atoms. The standard InChI is InChI=1S/C16H10BrFOS/c17-14-4-2-1-3-10(14)7-11-9-20-15-6-5-12(18)8-13(15)16(11)19/h1-8H,9H2. The Balaban J connectivity index is 2.02. The topological polar surface area (TPSA) is 17.1 Å². The second-order valence-electron chi connectivity index (χ2n) is 4.45. The molecule has 0 saturated heterocycles. The first-order chi connectivity index (χ1) is 9.65. The van der Waals surface area contributed by atoms with E-state index >= 15 is 0 Å². The van der Waals surface area contributed by atoms with Crippen LogP contribution >= 0.6 is 27.7 Å². The zero-order valence-electron chi connectivity index (χ0n) is 10.4. The van der Waals surface area contributed by atoms with Crippen molar-refractivity contribution in [3.63, 3.8) is 0 Å². The van der Waals surface area contributed by atoms with Gasteiger partial charge in [-0.3, -0.25) is 4.79 Å². The van der Waals surface area contributed by atoms with Gasteiger partial charge in [0.2, 0.25) is 0 Å². The molecule has 0 saturated carbocycles. The van der Waals surface area contributed by atoms with Crippen molar-refractivity contribution in [2.45, 2.75) is 4.90 Å². The third-order valence-electron chi connectivity index (χ3n) is 3.10. The Kier molecular flexibility index (Phi) is 3.76. The molecule has 1 nitrogen and oxygen atoms in total. The van der Waals surface area contributed by atoms with Crippen LogP contribution in [0.25, 0.3) is 6.08 Å². The number of fused-ring (bicyclic) bond motifs is 1. The molecule has 0 aliphatic carbocycles. The van der Waals surface area contributed by atoms with Crippen molar-refractivity contribution in [2.24, 2.45) is 0 Å². The molecule has 100 valence electrons. The van der Waals surface area contributed by atoms with E-state index in [1.165, 1.54) is 12.1 Å². The maximum atomic E-state index is 13.3. The first-order valence-electron chi connectivity index (χ1n) is 6.07. The van der Waals surface area contributed by atoms with Gasteiger partial charge in [0.1, 0.15) is 5.82 Å². The van der Waals surface area contributed by atoms with Crippen molar-refractivity contribution in [1.82, 2.24) is 0 Å². The van der Waals surface area contributed by atoms with Crippen LogP contribution in [0.4, 0.5) is 4.39 Å². The smallest absolute Gasteiger partial charge is 0.191 e. The highest BCUT2D eigenvalue weighted by Gasteiger charge is 2.23. The largest absolute Gasteiger partial charge is 0.289 e. The summed E-state index contributed by atoms with van der Waals surface area (Å²) in [6, 6.07) is 12.1. The summed E-state index contributed by atoms with van der Waals surface area (Å²) < 4.78 is 14.2. The second kappa shape index (κ2) is 5.54.